The van der Waals surface area contributed by atoms with Gasteiger partial charge in [0.2, 0.25) is 0 Å². The van der Waals surface area contributed by atoms with Gasteiger partial charge in [-0.3, -0.25) is 4.90 Å². The van der Waals surface area contributed by atoms with Crippen LogP contribution in [-0.4, -0.2) is 41.1 Å². The summed E-state index contributed by atoms with van der Waals surface area (Å²) in [5, 5.41) is 0. The molecule has 1 aliphatic rings. The second-order valence-electron chi connectivity index (χ2n) is 17.3. The SMILES string of the molecule is CCCC[C@@H](C)[C@H]1OC(C)(C)O[C@H]1C[C@@H](C)C/C=C\CCC[C@H](C[C@H](OCc1ccccc1)[C@H](C)N(Cc1ccccc1)Cc1ccccc1)OCc1ccccc1. The summed E-state index contributed by atoms with van der Waals surface area (Å²) in [5.41, 5.74) is 5.00. The molecule has 0 aliphatic carbocycles. The van der Waals surface area contributed by atoms with Crippen molar-refractivity contribution in [2.24, 2.45) is 11.8 Å². The number of benzene rings is 4. The van der Waals surface area contributed by atoms with Crippen molar-refractivity contribution in [1.29, 1.82) is 0 Å². The number of hydrogen-bond donors (Lipinski definition) is 0. The maximum absolute atomic E-state index is 6.95. The highest BCUT2D eigenvalue weighted by Gasteiger charge is 2.43. The third-order valence-electron chi connectivity index (χ3n) is 11.7. The average Bonchev–Trinajstić information content (AvgIpc) is 3.55. The lowest BCUT2D eigenvalue weighted by Gasteiger charge is -2.36. The highest BCUT2D eigenvalue weighted by Crippen LogP contribution is 2.37. The highest BCUT2D eigenvalue weighted by atomic mass is 16.8. The molecule has 0 aromatic heterocycles. The van der Waals surface area contributed by atoms with E-state index in [4.69, 9.17) is 18.9 Å². The fraction of sp³-hybridized carbons (Fsp3) is 0.509. The first-order valence-electron chi connectivity index (χ1n) is 22.3. The summed E-state index contributed by atoms with van der Waals surface area (Å²) in [4.78, 5) is 2.58. The zero-order valence-electron chi connectivity index (χ0n) is 36.5. The minimum Gasteiger partial charge on any atom is -0.373 e. The molecular weight excluding hydrogens is 715 g/mol. The molecule has 0 bridgehead atoms. The molecule has 0 N–H and O–H groups in total. The van der Waals surface area contributed by atoms with Gasteiger partial charge in [0.1, 0.15) is 0 Å². The van der Waals surface area contributed by atoms with Crippen molar-refractivity contribution in [2.75, 3.05) is 0 Å². The van der Waals surface area contributed by atoms with Crippen LogP contribution in [-0.2, 0) is 45.3 Å². The van der Waals surface area contributed by atoms with E-state index in [1.807, 2.05) is 0 Å². The van der Waals surface area contributed by atoms with Gasteiger partial charge in [-0.15, -0.1) is 0 Å². The molecule has 1 saturated heterocycles. The van der Waals surface area contributed by atoms with Gasteiger partial charge in [0, 0.05) is 25.6 Å². The number of nitrogens with zero attached hydrogens (tertiary/aromatic N) is 1. The molecule has 0 spiro atoms. The molecule has 7 atom stereocenters. The topological polar surface area (TPSA) is 40.2 Å². The van der Waals surface area contributed by atoms with Crippen LogP contribution in [0.5, 0.6) is 0 Å². The largest absolute Gasteiger partial charge is 0.373 e. The molecule has 0 amide bonds. The number of allylic oxidation sites excluding steroid dienone is 2. The lowest BCUT2D eigenvalue weighted by atomic mass is 9.89. The van der Waals surface area contributed by atoms with Crippen molar-refractivity contribution in [1.82, 2.24) is 4.90 Å². The Kier molecular flexibility index (Phi) is 19.2. The maximum atomic E-state index is 6.95. The summed E-state index contributed by atoms with van der Waals surface area (Å²) in [5.74, 6) is 0.532. The second-order valence-corrected chi connectivity index (χ2v) is 17.3. The number of hydrogen-bond acceptors (Lipinski definition) is 5. The summed E-state index contributed by atoms with van der Waals surface area (Å²) < 4.78 is 26.7. The minimum atomic E-state index is -0.504. The fourth-order valence-electron chi connectivity index (χ4n) is 8.33. The number of rotatable bonds is 26. The van der Waals surface area contributed by atoms with Crippen LogP contribution < -0.4 is 0 Å². The van der Waals surface area contributed by atoms with Crippen LogP contribution in [0.25, 0.3) is 0 Å². The first-order chi connectivity index (χ1) is 28.2. The summed E-state index contributed by atoms with van der Waals surface area (Å²) in [6.07, 6.45) is 14.7. The predicted molar refractivity (Wildman–Crippen MR) is 240 cm³/mol. The molecule has 0 radical (unpaired) electrons. The number of unbranched alkanes of at least 4 members (excludes halogenated alkanes) is 2. The summed E-state index contributed by atoms with van der Waals surface area (Å²) in [7, 11) is 0. The van der Waals surface area contributed by atoms with Crippen molar-refractivity contribution in [3.63, 3.8) is 0 Å². The van der Waals surface area contributed by atoms with E-state index in [1.165, 1.54) is 41.5 Å². The van der Waals surface area contributed by atoms with Gasteiger partial charge in [0.15, 0.2) is 5.79 Å². The molecule has 1 fully saturated rings. The zero-order chi connectivity index (χ0) is 41.0. The molecule has 4 aromatic rings. The van der Waals surface area contributed by atoms with E-state index in [0.29, 0.717) is 25.0 Å². The Bertz CT molecular complexity index is 1640. The quantitative estimate of drug-likeness (QED) is 0.0468. The molecule has 0 saturated carbocycles. The first kappa shape index (κ1) is 45.5. The van der Waals surface area contributed by atoms with Gasteiger partial charge < -0.3 is 18.9 Å². The van der Waals surface area contributed by atoms with Gasteiger partial charge in [0.05, 0.1) is 37.6 Å². The smallest absolute Gasteiger partial charge is 0.163 e. The Morgan fingerprint density at radius 2 is 1.19 bits per heavy atom. The molecule has 0 unspecified atom stereocenters. The van der Waals surface area contributed by atoms with Crippen molar-refractivity contribution in [2.45, 2.75) is 162 Å². The maximum Gasteiger partial charge on any atom is 0.163 e. The lowest BCUT2D eigenvalue weighted by molar-refractivity contribution is -0.151. The summed E-state index contributed by atoms with van der Waals surface area (Å²) in [6.45, 7) is 16.3. The molecule has 5 nitrogen and oxygen atoms in total. The van der Waals surface area contributed by atoms with Crippen molar-refractivity contribution in [3.8, 4) is 0 Å². The third kappa shape index (κ3) is 15.9. The average molecular weight is 788 g/mol. The van der Waals surface area contributed by atoms with Crippen molar-refractivity contribution < 1.29 is 18.9 Å². The van der Waals surface area contributed by atoms with E-state index >= 15 is 0 Å². The first-order valence-corrected chi connectivity index (χ1v) is 22.3. The highest BCUT2D eigenvalue weighted by molar-refractivity contribution is 5.18. The van der Waals surface area contributed by atoms with E-state index in [1.54, 1.807) is 0 Å². The minimum absolute atomic E-state index is 0.0370. The molecule has 314 valence electrons. The standard InChI is InChI=1S/C53H73NO4/c1-7-8-26-43(3)52-51(57-53(5,6)58-52)36-42(2)25-15-9-10-24-35-49(55-40-47-31-20-13-21-32-47)37-50(56-41-48-33-22-14-23-34-48)44(4)54(38-45-27-16-11-17-28-45)39-46-29-18-12-19-30-46/h9,11-23,27-34,42-44,49-52H,7-8,10,24-26,35-41H2,1-6H3/b15-9-/t42-,43+,44-,49+,50-,51-,52+/m0/s1. The van der Waals surface area contributed by atoms with Gasteiger partial charge in [-0.05, 0) is 93.4 Å². The van der Waals surface area contributed by atoms with Crippen LogP contribution in [0.1, 0.15) is 122 Å². The molecule has 5 heteroatoms. The zero-order valence-corrected chi connectivity index (χ0v) is 36.5. The van der Waals surface area contributed by atoms with Gasteiger partial charge in [-0.2, -0.15) is 0 Å². The van der Waals surface area contributed by atoms with Crippen LogP contribution >= 0.6 is 0 Å². The fourth-order valence-corrected chi connectivity index (χ4v) is 8.33. The van der Waals surface area contributed by atoms with Crippen LogP contribution in [0.3, 0.4) is 0 Å². The normalized spacial score (nSPS) is 19.3. The Morgan fingerprint density at radius 3 is 1.74 bits per heavy atom. The molecule has 5 rings (SSSR count). The number of ether oxygens (including phenoxy) is 4. The van der Waals surface area contributed by atoms with Gasteiger partial charge >= 0.3 is 0 Å². The Morgan fingerprint density at radius 1 is 0.655 bits per heavy atom. The van der Waals surface area contributed by atoms with Crippen LogP contribution in [0.2, 0.25) is 0 Å². The van der Waals surface area contributed by atoms with Crippen LogP contribution in [0, 0.1) is 11.8 Å². The molecule has 1 heterocycles. The molecule has 4 aromatic carbocycles. The Hall–Kier alpha value is -3.58. The van der Waals surface area contributed by atoms with Gasteiger partial charge in [0.25, 0.3) is 0 Å². The lowest BCUT2D eigenvalue weighted by Crippen LogP contribution is -2.43. The van der Waals surface area contributed by atoms with Crippen LogP contribution in [0.4, 0.5) is 0 Å². The van der Waals surface area contributed by atoms with Crippen molar-refractivity contribution >= 4 is 0 Å². The van der Waals surface area contributed by atoms with E-state index in [2.05, 4.69) is 180 Å². The summed E-state index contributed by atoms with van der Waals surface area (Å²) in [6, 6.07) is 42.9. The van der Waals surface area contributed by atoms with E-state index in [9.17, 15) is 0 Å². The van der Waals surface area contributed by atoms with Crippen LogP contribution in [0.15, 0.2) is 133 Å². The van der Waals surface area contributed by atoms with E-state index in [-0.39, 0.29) is 30.5 Å². The van der Waals surface area contributed by atoms with Crippen molar-refractivity contribution in [3.05, 3.63) is 156 Å². The van der Waals surface area contributed by atoms with Gasteiger partial charge in [-0.1, -0.05) is 167 Å². The predicted octanol–water partition coefficient (Wildman–Crippen LogP) is 13.1. The molecule has 1 aliphatic heterocycles. The Balaban J connectivity index is 1.24. The molecule has 58 heavy (non-hydrogen) atoms. The Labute approximate surface area is 352 Å². The second kappa shape index (κ2) is 24.5. The van der Waals surface area contributed by atoms with E-state index < -0.39 is 5.79 Å². The monoisotopic (exact) mass is 788 g/mol. The van der Waals surface area contributed by atoms with E-state index in [0.717, 1.165) is 51.6 Å². The van der Waals surface area contributed by atoms with Gasteiger partial charge in [-0.25, -0.2) is 0 Å². The summed E-state index contributed by atoms with van der Waals surface area (Å²) >= 11 is 0. The molecular formula is C53H73NO4. The third-order valence-corrected chi connectivity index (χ3v) is 11.7.